The Morgan fingerprint density at radius 1 is 0.933 bits per heavy atom. The highest BCUT2D eigenvalue weighted by molar-refractivity contribution is 7.14. The van der Waals surface area contributed by atoms with Crippen LogP contribution in [0.3, 0.4) is 0 Å². The number of thiazole rings is 2. The van der Waals surface area contributed by atoms with Crippen LogP contribution in [0.15, 0.2) is 30.6 Å². The number of methoxy groups -OCH3 is 1. The van der Waals surface area contributed by atoms with Crippen molar-refractivity contribution in [2.24, 2.45) is 0 Å². The van der Waals surface area contributed by atoms with Crippen molar-refractivity contribution >= 4 is 45.9 Å². The number of amides is 2. The van der Waals surface area contributed by atoms with E-state index < -0.39 is 0 Å². The third-order valence-corrected chi connectivity index (χ3v) is 7.37. The number of hydrogen-bond donors (Lipinski definition) is 2. The number of anilines is 2. The summed E-state index contributed by atoms with van der Waals surface area (Å²) in [5.41, 5.74) is 1.13. The van der Waals surface area contributed by atoms with Crippen molar-refractivity contribution in [2.45, 2.75) is 37.5 Å². The van der Waals surface area contributed by atoms with Crippen molar-refractivity contribution < 1.29 is 14.3 Å². The minimum atomic E-state index is -0.216. The second kappa shape index (κ2) is 7.81. The van der Waals surface area contributed by atoms with Crippen LogP contribution in [0.5, 0.6) is 5.75 Å². The molecule has 1 aromatic carbocycles. The summed E-state index contributed by atoms with van der Waals surface area (Å²) in [6.45, 7) is 0. The Bertz CT molecular complexity index is 1120. The van der Waals surface area contributed by atoms with Gasteiger partial charge in [-0.15, -0.1) is 22.7 Å². The zero-order valence-electron chi connectivity index (χ0n) is 16.3. The summed E-state index contributed by atoms with van der Waals surface area (Å²) in [5.74, 6) is 1.10. The van der Waals surface area contributed by atoms with Gasteiger partial charge in [-0.25, -0.2) is 9.97 Å². The molecule has 0 bridgehead atoms. The average molecular weight is 441 g/mol. The van der Waals surface area contributed by atoms with Gasteiger partial charge < -0.3 is 15.4 Å². The first-order valence-electron chi connectivity index (χ1n) is 9.83. The Kier molecular flexibility index (Phi) is 5.00. The summed E-state index contributed by atoms with van der Waals surface area (Å²) in [7, 11) is 1.53. The Morgan fingerprint density at radius 3 is 2.03 bits per heavy atom. The third-order valence-electron chi connectivity index (χ3n) is 5.06. The van der Waals surface area contributed by atoms with E-state index in [4.69, 9.17) is 4.74 Å². The van der Waals surface area contributed by atoms with Crippen LogP contribution >= 0.6 is 22.7 Å². The Balaban J connectivity index is 1.27. The SMILES string of the molecule is COc1cc(NC(=O)c2cnc(C3CC3)s2)ccc1NC(=O)c1cnc(C2CC2)s1. The van der Waals surface area contributed by atoms with Crippen molar-refractivity contribution in [1.29, 1.82) is 0 Å². The standard InChI is InChI=1S/C21H20N4O3S2/c1-28-15-8-13(24-18(26)16-9-22-20(29-16)11-2-3-11)6-7-14(15)25-19(27)17-10-23-21(30-17)12-4-5-12/h6-12H,2-5H2,1H3,(H,24,26)(H,25,27). The number of nitrogens with zero attached hydrogens (tertiary/aromatic N) is 2. The number of carbonyl (C=O) groups is 2. The predicted octanol–water partition coefficient (Wildman–Crippen LogP) is 4.87. The number of ether oxygens (including phenoxy) is 1. The lowest BCUT2D eigenvalue weighted by atomic mass is 10.2. The molecule has 154 valence electrons. The summed E-state index contributed by atoms with van der Waals surface area (Å²) in [4.78, 5) is 35.0. The van der Waals surface area contributed by atoms with Crippen molar-refractivity contribution in [1.82, 2.24) is 9.97 Å². The molecule has 30 heavy (non-hydrogen) atoms. The number of carbonyl (C=O) groups excluding carboxylic acids is 2. The van der Waals surface area contributed by atoms with Crippen LogP contribution in [0, 0.1) is 0 Å². The zero-order chi connectivity index (χ0) is 20.7. The van der Waals surface area contributed by atoms with E-state index in [2.05, 4.69) is 20.6 Å². The highest BCUT2D eigenvalue weighted by Crippen LogP contribution is 2.42. The van der Waals surface area contributed by atoms with Crippen molar-refractivity contribution in [3.8, 4) is 5.75 Å². The average Bonchev–Trinajstić information content (AvgIpc) is 3.68. The van der Waals surface area contributed by atoms with E-state index in [-0.39, 0.29) is 11.8 Å². The Labute approximate surface area is 181 Å². The molecule has 2 aliphatic rings. The van der Waals surface area contributed by atoms with Gasteiger partial charge in [0.05, 0.1) is 35.2 Å². The Hall–Kier alpha value is -2.78. The molecule has 2 heterocycles. The molecule has 2 aromatic heterocycles. The summed E-state index contributed by atoms with van der Waals surface area (Å²) >= 11 is 2.88. The van der Waals surface area contributed by atoms with Crippen LogP contribution in [0.25, 0.3) is 0 Å². The van der Waals surface area contributed by atoms with Crippen molar-refractivity contribution in [3.05, 3.63) is 50.4 Å². The second-order valence-corrected chi connectivity index (χ2v) is 9.62. The van der Waals surface area contributed by atoms with Gasteiger partial charge in [0.15, 0.2) is 0 Å². The predicted molar refractivity (Wildman–Crippen MR) is 117 cm³/mol. The molecular formula is C21H20N4O3S2. The molecule has 5 rings (SSSR count). The Morgan fingerprint density at radius 2 is 1.50 bits per heavy atom. The van der Waals surface area contributed by atoms with Gasteiger partial charge in [-0.05, 0) is 37.8 Å². The van der Waals surface area contributed by atoms with Gasteiger partial charge in [-0.3, -0.25) is 9.59 Å². The first-order chi connectivity index (χ1) is 14.6. The quantitative estimate of drug-likeness (QED) is 0.547. The third kappa shape index (κ3) is 4.08. The number of rotatable bonds is 7. The summed E-state index contributed by atoms with van der Waals surface area (Å²) in [6.07, 6.45) is 7.87. The number of benzene rings is 1. The lowest BCUT2D eigenvalue weighted by molar-refractivity contribution is 0.102. The molecule has 0 radical (unpaired) electrons. The molecular weight excluding hydrogens is 420 g/mol. The maximum absolute atomic E-state index is 12.6. The van der Waals surface area contributed by atoms with Crippen LogP contribution in [0.4, 0.5) is 11.4 Å². The van der Waals surface area contributed by atoms with Crippen LogP contribution < -0.4 is 15.4 Å². The molecule has 0 aliphatic heterocycles. The zero-order valence-corrected chi connectivity index (χ0v) is 17.9. The highest BCUT2D eigenvalue weighted by Gasteiger charge is 2.28. The molecule has 0 saturated heterocycles. The minimum absolute atomic E-state index is 0.199. The van der Waals surface area contributed by atoms with E-state index >= 15 is 0 Å². The number of aromatic nitrogens is 2. The second-order valence-electron chi connectivity index (χ2n) is 7.50. The van der Waals surface area contributed by atoms with Crippen molar-refractivity contribution in [3.63, 3.8) is 0 Å². The monoisotopic (exact) mass is 440 g/mol. The maximum Gasteiger partial charge on any atom is 0.267 e. The fraction of sp³-hybridized carbons (Fsp3) is 0.333. The molecule has 2 saturated carbocycles. The first-order valence-corrected chi connectivity index (χ1v) is 11.5. The van der Waals surface area contributed by atoms with Gasteiger partial charge in [-0.2, -0.15) is 0 Å². The molecule has 7 nitrogen and oxygen atoms in total. The molecule has 2 amide bonds. The lowest BCUT2D eigenvalue weighted by Gasteiger charge is -2.12. The smallest absolute Gasteiger partial charge is 0.267 e. The van der Waals surface area contributed by atoms with Crippen molar-refractivity contribution in [2.75, 3.05) is 17.7 Å². The van der Waals surface area contributed by atoms with Gasteiger partial charge in [-0.1, -0.05) is 0 Å². The molecule has 2 fully saturated rings. The molecule has 0 unspecified atom stereocenters. The molecule has 9 heteroatoms. The largest absolute Gasteiger partial charge is 0.494 e. The highest BCUT2D eigenvalue weighted by atomic mass is 32.1. The first kappa shape index (κ1) is 19.2. The van der Waals surface area contributed by atoms with Crippen LogP contribution in [-0.4, -0.2) is 28.9 Å². The fourth-order valence-corrected chi connectivity index (χ4v) is 5.04. The van der Waals surface area contributed by atoms with Gasteiger partial charge in [0, 0.05) is 23.6 Å². The van der Waals surface area contributed by atoms with E-state index in [0.717, 1.165) is 35.7 Å². The summed E-state index contributed by atoms with van der Waals surface area (Å²) in [5, 5.41) is 7.80. The molecule has 3 aromatic rings. The van der Waals surface area contributed by atoms with Gasteiger partial charge >= 0.3 is 0 Å². The van der Waals surface area contributed by atoms with E-state index in [0.29, 0.717) is 38.7 Å². The number of hydrogen-bond acceptors (Lipinski definition) is 7. The van der Waals surface area contributed by atoms with E-state index in [9.17, 15) is 9.59 Å². The summed E-state index contributed by atoms with van der Waals surface area (Å²) < 4.78 is 5.42. The normalized spacial score (nSPS) is 15.6. The minimum Gasteiger partial charge on any atom is -0.494 e. The number of nitrogens with one attached hydrogen (secondary N) is 2. The van der Waals surface area contributed by atoms with Gasteiger partial charge in [0.2, 0.25) is 0 Å². The van der Waals surface area contributed by atoms with E-state index in [1.807, 2.05) is 0 Å². The van der Waals surface area contributed by atoms with Gasteiger partial charge in [0.25, 0.3) is 11.8 Å². The maximum atomic E-state index is 12.6. The topological polar surface area (TPSA) is 93.2 Å². The lowest BCUT2D eigenvalue weighted by Crippen LogP contribution is -2.13. The van der Waals surface area contributed by atoms with Gasteiger partial charge in [0.1, 0.15) is 15.5 Å². The van der Waals surface area contributed by atoms with E-state index in [1.165, 1.54) is 29.8 Å². The van der Waals surface area contributed by atoms with Crippen LogP contribution in [-0.2, 0) is 0 Å². The molecule has 2 aliphatic carbocycles. The molecule has 0 atom stereocenters. The van der Waals surface area contributed by atoms with Crippen LogP contribution in [0.1, 0.15) is 66.9 Å². The van der Waals surface area contributed by atoms with E-state index in [1.54, 1.807) is 30.6 Å². The molecule has 2 N–H and O–H groups in total. The van der Waals surface area contributed by atoms with Crippen LogP contribution in [0.2, 0.25) is 0 Å². The molecule has 0 spiro atoms. The summed E-state index contributed by atoms with van der Waals surface area (Å²) in [6, 6.07) is 5.15. The fourth-order valence-electron chi connectivity index (χ4n) is 3.07.